The van der Waals surface area contributed by atoms with Gasteiger partial charge < -0.3 is 20.9 Å². The van der Waals surface area contributed by atoms with Gasteiger partial charge in [-0.25, -0.2) is 0 Å². The maximum absolute atomic E-state index is 9.67. The Bertz CT molecular complexity index is 351. The molecule has 4 N–H and O–H groups in total. The first-order chi connectivity index (χ1) is 8.24. The van der Waals surface area contributed by atoms with Crippen molar-refractivity contribution >= 4 is 0 Å². The van der Waals surface area contributed by atoms with Crippen molar-refractivity contribution in [2.75, 3.05) is 19.7 Å². The van der Waals surface area contributed by atoms with Gasteiger partial charge in [-0.1, -0.05) is 5.92 Å². The standard InChI is InChI=1S/C12H17N3O2/c1-2-5-14-8-12(16)11(13)9-17-10-4-3-6-15-7-10/h1,3-4,6-7,11-12,14,16H,5,8-9,13H2. The third-order valence-corrected chi connectivity index (χ3v) is 2.15. The zero-order valence-electron chi connectivity index (χ0n) is 9.54. The van der Waals surface area contributed by atoms with Gasteiger partial charge >= 0.3 is 0 Å². The van der Waals surface area contributed by atoms with Gasteiger partial charge in [0.1, 0.15) is 12.4 Å². The Morgan fingerprint density at radius 3 is 3.12 bits per heavy atom. The van der Waals surface area contributed by atoms with E-state index in [0.29, 0.717) is 18.8 Å². The zero-order valence-corrected chi connectivity index (χ0v) is 9.54. The first-order valence-corrected chi connectivity index (χ1v) is 5.34. The van der Waals surface area contributed by atoms with Crippen molar-refractivity contribution in [3.8, 4) is 18.1 Å². The molecule has 0 saturated heterocycles. The van der Waals surface area contributed by atoms with Crippen LogP contribution in [0.2, 0.25) is 0 Å². The predicted molar refractivity (Wildman–Crippen MR) is 65.4 cm³/mol. The van der Waals surface area contributed by atoms with E-state index in [4.69, 9.17) is 16.9 Å². The van der Waals surface area contributed by atoms with Crippen LogP contribution in [0, 0.1) is 12.3 Å². The monoisotopic (exact) mass is 235 g/mol. The van der Waals surface area contributed by atoms with Gasteiger partial charge in [0.15, 0.2) is 0 Å². The highest BCUT2D eigenvalue weighted by Crippen LogP contribution is 2.06. The molecule has 0 fully saturated rings. The minimum Gasteiger partial charge on any atom is -0.490 e. The highest BCUT2D eigenvalue weighted by atomic mass is 16.5. The summed E-state index contributed by atoms with van der Waals surface area (Å²) in [6.07, 6.45) is 7.63. The summed E-state index contributed by atoms with van der Waals surface area (Å²) in [7, 11) is 0. The number of nitrogens with two attached hydrogens (primary N) is 1. The fourth-order valence-corrected chi connectivity index (χ4v) is 1.18. The van der Waals surface area contributed by atoms with Crippen LogP contribution < -0.4 is 15.8 Å². The van der Waals surface area contributed by atoms with Crippen molar-refractivity contribution < 1.29 is 9.84 Å². The fourth-order valence-electron chi connectivity index (χ4n) is 1.18. The number of aliphatic hydroxyl groups is 1. The molecule has 5 nitrogen and oxygen atoms in total. The lowest BCUT2D eigenvalue weighted by Gasteiger charge is -2.19. The van der Waals surface area contributed by atoms with E-state index >= 15 is 0 Å². The Hall–Kier alpha value is -1.61. The summed E-state index contributed by atoms with van der Waals surface area (Å²) in [6.45, 7) is 0.986. The number of nitrogens with one attached hydrogen (secondary N) is 1. The smallest absolute Gasteiger partial charge is 0.137 e. The van der Waals surface area contributed by atoms with Crippen molar-refractivity contribution in [1.29, 1.82) is 0 Å². The molecule has 5 heteroatoms. The first-order valence-electron chi connectivity index (χ1n) is 5.34. The number of aromatic nitrogens is 1. The van der Waals surface area contributed by atoms with Crippen LogP contribution in [-0.4, -0.2) is 41.9 Å². The van der Waals surface area contributed by atoms with E-state index in [1.54, 1.807) is 24.5 Å². The average Bonchev–Trinajstić information content (AvgIpc) is 2.37. The second-order valence-electron chi connectivity index (χ2n) is 3.57. The van der Waals surface area contributed by atoms with Crippen molar-refractivity contribution in [3.63, 3.8) is 0 Å². The fraction of sp³-hybridized carbons (Fsp3) is 0.417. The van der Waals surface area contributed by atoms with Crippen LogP contribution in [0.1, 0.15) is 0 Å². The number of rotatable bonds is 7. The molecule has 17 heavy (non-hydrogen) atoms. The van der Waals surface area contributed by atoms with E-state index in [9.17, 15) is 5.11 Å². The van der Waals surface area contributed by atoms with E-state index in [0.717, 1.165) is 0 Å². The number of pyridine rings is 1. The van der Waals surface area contributed by atoms with Crippen molar-refractivity contribution in [2.24, 2.45) is 5.73 Å². The Labute approximate surface area is 101 Å². The highest BCUT2D eigenvalue weighted by molar-refractivity contribution is 5.15. The molecule has 0 aliphatic rings. The molecule has 0 radical (unpaired) electrons. The second-order valence-corrected chi connectivity index (χ2v) is 3.57. The maximum atomic E-state index is 9.67. The number of hydrogen-bond donors (Lipinski definition) is 3. The van der Waals surface area contributed by atoms with E-state index < -0.39 is 12.1 Å². The van der Waals surface area contributed by atoms with Crippen LogP contribution >= 0.6 is 0 Å². The summed E-state index contributed by atoms with van der Waals surface area (Å²) in [5.74, 6) is 3.05. The van der Waals surface area contributed by atoms with Gasteiger partial charge in [-0.15, -0.1) is 6.42 Å². The Kier molecular flexibility index (Phi) is 6.04. The lowest BCUT2D eigenvalue weighted by molar-refractivity contribution is 0.115. The molecular formula is C12H17N3O2. The average molecular weight is 235 g/mol. The summed E-state index contributed by atoms with van der Waals surface area (Å²) in [5.41, 5.74) is 5.76. The van der Waals surface area contributed by atoms with Gasteiger partial charge in [-0.05, 0) is 12.1 Å². The minimum absolute atomic E-state index is 0.227. The SMILES string of the molecule is C#CCNCC(O)C(N)COc1cccnc1. The zero-order chi connectivity index (χ0) is 12.5. The van der Waals surface area contributed by atoms with Gasteiger partial charge in [0.2, 0.25) is 0 Å². The van der Waals surface area contributed by atoms with Gasteiger partial charge in [0.05, 0.1) is 24.9 Å². The molecule has 2 atom stereocenters. The topological polar surface area (TPSA) is 80.4 Å². The van der Waals surface area contributed by atoms with Crippen LogP contribution in [0.3, 0.4) is 0 Å². The molecule has 1 aromatic heterocycles. The van der Waals surface area contributed by atoms with Crippen LogP contribution in [0.4, 0.5) is 0 Å². The molecule has 92 valence electrons. The summed E-state index contributed by atoms with van der Waals surface area (Å²) >= 11 is 0. The molecule has 2 unspecified atom stereocenters. The number of nitrogens with zero attached hydrogens (tertiary/aromatic N) is 1. The lowest BCUT2D eigenvalue weighted by Crippen LogP contribution is -2.45. The van der Waals surface area contributed by atoms with Crippen LogP contribution in [0.25, 0.3) is 0 Å². The second kappa shape index (κ2) is 7.63. The van der Waals surface area contributed by atoms with E-state index in [1.165, 1.54) is 0 Å². The normalized spacial score (nSPS) is 13.7. The van der Waals surface area contributed by atoms with Gasteiger partial charge in [0, 0.05) is 12.7 Å². The van der Waals surface area contributed by atoms with Crippen LogP contribution in [-0.2, 0) is 0 Å². The maximum Gasteiger partial charge on any atom is 0.137 e. The molecule has 0 aliphatic carbocycles. The van der Waals surface area contributed by atoms with Crippen molar-refractivity contribution in [1.82, 2.24) is 10.3 Å². The summed E-state index contributed by atoms with van der Waals surface area (Å²) in [5, 5.41) is 12.6. The quantitative estimate of drug-likeness (QED) is 0.433. The van der Waals surface area contributed by atoms with E-state index in [2.05, 4.69) is 16.2 Å². The predicted octanol–water partition coefficient (Wildman–Crippen LogP) is -0.629. The van der Waals surface area contributed by atoms with Gasteiger partial charge in [0.25, 0.3) is 0 Å². The summed E-state index contributed by atoms with van der Waals surface area (Å²) < 4.78 is 5.38. The molecule has 0 aliphatic heterocycles. The number of terminal acetylenes is 1. The van der Waals surface area contributed by atoms with Crippen LogP contribution in [0.15, 0.2) is 24.5 Å². The molecule has 1 aromatic rings. The van der Waals surface area contributed by atoms with Crippen molar-refractivity contribution in [2.45, 2.75) is 12.1 Å². The van der Waals surface area contributed by atoms with E-state index in [-0.39, 0.29) is 6.61 Å². The Morgan fingerprint density at radius 2 is 2.47 bits per heavy atom. The minimum atomic E-state index is -0.694. The molecule has 0 saturated carbocycles. The lowest BCUT2D eigenvalue weighted by atomic mass is 10.2. The Morgan fingerprint density at radius 1 is 1.65 bits per heavy atom. The Balaban J connectivity index is 2.24. The molecule has 0 aromatic carbocycles. The highest BCUT2D eigenvalue weighted by Gasteiger charge is 2.14. The first kappa shape index (κ1) is 13.5. The summed E-state index contributed by atoms with van der Waals surface area (Å²) in [6, 6.07) is 3.08. The number of ether oxygens (including phenoxy) is 1. The van der Waals surface area contributed by atoms with Gasteiger partial charge in [-0.3, -0.25) is 4.98 Å². The van der Waals surface area contributed by atoms with Gasteiger partial charge in [-0.2, -0.15) is 0 Å². The molecule has 0 amide bonds. The molecular weight excluding hydrogens is 218 g/mol. The molecule has 1 heterocycles. The molecule has 0 spiro atoms. The number of hydrogen-bond acceptors (Lipinski definition) is 5. The third-order valence-electron chi connectivity index (χ3n) is 2.15. The van der Waals surface area contributed by atoms with E-state index in [1.807, 2.05) is 0 Å². The largest absolute Gasteiger partial charge is 0.490 e. The molecule has 1 rings (SSSR count). The number of aliphatic hydroxyl groups excluding tert-OH is 1. The summed E-state index contributed by atoms with van der Waals surface area (Å²) in [4.78, 5) is 3.91. The molecule has 0 bridgehead atoms. The van der Waals surface area contributed by atoms with Crippen LogP contribution in [0.5, 0.6) is 5.75 Å². The third kappa shape index (κ3) is 5.31. The van der Waals surface area contributed by atoms with Crippen molar-refractivity contribution in [3.05, 3.63) is 24.5 Å².